The maximum atomic E-state index is 12.8. The van der Waals surface area contributed by atoms with Crippen molar-refractivity contribution in [3.8, 4) is 11.5 Å². The van der Waals surface area contributed by atoms with Gasteiger partial charge in [0.1, 0.15) is 11.5 Å². The fourth-order valence-corrected chi connectivity index (χ4v) is 2.41. The number of hydrogen-bond donors (Lipinski definition) is 1. The Hall–Kier alpha value is -2.49. The Bertz CT molecular complexity index is 680. The summed E-state index contributed by atoms with van der Waals surface area (Å²) in [6.07, 6.45) is 0. The van der Waals surface area contributed by atoms with E-state index in [9.17, 15) is 4.79 Å². The number of benzene rings is 2. The number of amides is 1. The van der Waals surface area contributed by atoms with Crippen molar-refractivity contribution in [3.05, 3.63) is 54.1 Å². The van der Waals surface area contributed by atoms with Crippen LogP contribution in [0.15, 0.2) is 48.5 Å². The molecule has 0 aromatic heterocycles. The molecular weight excluding hydrogens is 290 g/mol. The van der Waals surface area contributed by atoms with Crippen LogP contribution >= 0.6 is 0 Å². The summed E-state index contributed by atoms with van der Waals surface area (Å²) in [7, 11) is 1.61. The predicted molar refractivity (Wildman–Crippen MR) is 92.3 cm³/mol. The van der Waals surface area contributed by atoms with E-state index in [0.717, 1.165) is 5.56 Å². The molecule has 4 nitrogen and oxygen atoms in total. The van der Waals surface area contributed by atoms with Gasteiger partial charge in [-0.2, -0.15) is 0 Å². The van der Waals surface area contributed by atoms with Crippen LogP contribution in [0.4, 0.5) is 5.69 Å². The molecule has 23 heavy (non-hydrogen) atoms. The van der Waals surface area contributed by atoms with Crippen LogP contribution in [0, 0.1) is 0 Å². The van der Waals surface area contributed by atoms with E-state index >= 15 is 0 Å². The van der Waals surface area contributed by atoms with Gasteiger partial charge in [0.2, 0.25) is 5.91 Å². The van der Waals surface area contributed by atoms with Crippen molar-refractivity contribution < 1.29 is 14.3 Å². The van der Waals surface area contributed by atoms with E-state index in [1.807, 2.05) is 69.3 Å². The molecule has 122 valence electrons. The first-order valence-corrected chi connectivity index (χ1v) is 7.67. The predicted octanol–water partition coefficient (Wildman–Crippen LogP) is 4.01. The van der Waals surface area contributed by atoms with Crippen LogP contribution in [-0.2, 0) is 10.2 Å². The highest BCUT2D eigenvalue weighted by molar-refractivity contribution is 6.00. The minimum Gasteiger partial charge on any atom is -0.496 e. The maximum absolute atomic E-state index is 12.8. The fourth-order valence-electron chi connectivity index (χ4n) is 2.41. The molecule has 2 rings (SSSR count). The molecule has 0 unspecified atom stereocenters. The maximum Gasteiger partial charge on any atom is 0.234 e. The van der Waals surface area contributed by atoms with E-state index < -0.39 is 5.41 Å². The zero-order valence-corrected chi connectivity index (χ0v) is 14.1. The van der Waals surface area contributed by atoms with Crippen molar-refractivity contribution in [1.82, 2.24) is 0 Å². The monoisotopic (exact) mass is 313 g/mol. The lowest BCUT2D eigenvalue weighted by molar-refractivity contribution is -0.120. The second-order valence-electron chi connectivity index (χ2n) is 5.71. The zero-order valence-electron chi connectivity index (χ0n) is 14.1. The highest BCUT2D eigenvalue weighted by atomic mass is 16.5. The van der Waals surface area contributed by atoms with Gasteiger partial charge in [-0.15, -0.1) is 0 Å². The molecule has 0 spiro atoms. The molecule has 0 aliphatic carbocycles. The van der Waals surface area contributed by atoms with Gasteiger partial charge in [-0.3, -0.25) is 4.79 Å². The van der Waals surface area contributed by atoms with Gasteiger partial charge < -0.3 is 14.8 Å². The molecule has 0 bridgehead atoms. The number of carbonyl (C=O) groups excluding carboxylic acids is 1. The van der Waals surface area contributed by atoms with Crippen molar-refractivity contribution in [2.24, 2.45) is 0 Å². The van der Waals surface area contributed by atoms with E-state index in [0.29, 0.717) is 23.8 Å². The lowest BCUT2D eigenvalue weighted by Crippen LogP contribution is -2.35. The first-order chi connectivity index (χ1) is 11.0. The standard InChI is InChI=1S/C19H23NO3/c1-5-23-17-13-9-7-11-15(17)20-18(21)19(2,3)14-10-6-8-12-16(14)22-4/h6-13H,5H2,1-4H3,(H,20,21). The summed E-state index contributed by atoms with van der Waals surface area (Å²) in [5.74, 6) is 1.25. The van der Waals surface area contributed by atoms with Gasteiger partial charge in [0.05, 0.1) is 24.8 Å². The van der Waals surface area contributed by atoms with Gasteiger partial charge in [-0.1, -0.05) is 30.3 Å². The average Bonchev–Trinajstić information content (AvgIpc) is 2.56. The van der Waals surface area contributed by atoms with Crippen molar-refractivity contribution >= 4 is 11.6 Å². The highest BCUT2D eigenvalue weighted by Gasteiger charge is 2.33. The minimum absolute atomic E-state index is 0.117. The number of rotatable bonds is 6. The Morgan fingerprint density at radius 1 is 1.04 bits per heavy atom. The van der Waals surface area contributed by atoms with Crippen LogP contribution in [0.1, 0.15) is 26.3 Å². The van der Waals surface area contributed by atoms with Crippen LogP contribution in [-0.4, -0.2) is 19.6 Å². The van der Waals surface area contributed by atoms with Gasteiger partial charge in [0.15, 0.2) is 0 Å². The summed E-state index contributed by atoms with van der Waals surface area (Å²) in [6, 6.07) is 15.0. The summed E-state index contributed by atoms with van der Waals surface area (Å²) in [6.45, 7) is 6.22. The molecule has 0 heterocycles. The largest absolute Gasteiger partial charge is 0.496 e. The minimum atomic E-state index is -0.744. The van der Waals surface area contributed by atoms with E-state index in [1.54, 1.807) is 7.11 Å². The van der Waals surface area contributed by atoms with Crippen LogP contribution in [0.5, 0.6) is 11.5 Å². The number of nitrogens with one attached hydrogen (secondary N) is 1. The van der Waals surface area contributed by atoms with Gasteiger partial charge in [-0.25, -0.2) is 0 Å². The molecule has 2 aromatic rings. The quantitative estimate of drug-likeness (QED) is 0.876. The Kier molecular flexibility index (Phi) is 5.27. The molecule has 0 aliphatic heterocycles. The van der Waals surface area contributed by atoms with Crippen LogP contribution in [0.3, 0.4) is 0 Å². The summed E-state index contributed by atoms with van der Waals surface area (Å²) >= 11 is 0. The summed E-state index contributed by atoms with van der Waals surface area (Å²) in [5, 5.41) is 2.97. The molecular formula is C19H23NO3. The number of carbonyl (C=O) groups is 1. The number of ether oxygens (including phenoxy) is 2. The van der Waals surface area contributed by atoms with Crippen molar-refractivity contribution in [3.63, 3.8) is 0 Å². The first-order valence-electron chi connectivity index (χ1n) is 7.67. The van der Waals surface area contributed by atoms with E-state index in [2.05, 4.69) is 5.32 Å². The van der Waals surface area contributed by atoms with Crippen molar-refractivity contribution in [2.75, 3.05) is 19.0 Å². The van der Waals surface area contributed by atoms with Crippen molar-refractivity contribution in [2.45, 2.75) is 26.2 Å². The van der Waals surface area contributed by atoms with Crippen molar-refractivity contribution in [1.29, 1.82) is 0 Å². The number of anilines is 1. The average molecular weight is 313 g/mol. The third kappa shape index (κ3) is 3.65. The third-order valence-corrected chi connectivity index (χ3v) is 3.78. The summed E-state index contributed by atoms with van der Waals surface area (Å²) < 4.78 is 11.0. The van der Waals surface area contributed by atoms with Gasteiger partial charge in [-0.05, 0) is 39.0 Å². The lowest BCUT2D eigenvalue weighted by atomic mass is 9.83. The van der Waals surface area contributed by atoms with E-state index in [1.165, 1.54) is 0 Å². The van der Waals surface area contributed by atoms with Gasteiger partial charge >= 0.3 is 0 Å². The second kappa shape index (κ2) is 7.18. The van der Waals surface area contributed by atoms with Crippen LogP contribution in [0.25, 0.3) is 0 Å². The molecule has 0 radical (unpaired) electrons. The van der Waals surface area contributed by atoms with Gasteiger partial charge in [0, 0.05) is 5.56 Å². The summed E-state index contributed by atoms with van der Waals surface area (Å²) in [5.41, 5.74) is 0.766. The molecule has 0 saturated carbocycles. The number of methoxy groups -OCH3 is 1. The van der Waals surface area contributed by atoms with Crippen LogP contribution in [0.2, 0.25) is 0 Å². The topological polar surface area (TPSA) is 47.6 Å². The SMILES string of the molecule is CCOc1ccccc1NC(=O)C(C)(C)c1ccccc1OC. The molecule has 4 heteroatoms. The summed E-state index contributed by atoms with van der Waals surface area (Å²) in [4.78, 5) is 12.8. The molecule has 1 amide bonds. The normalized spacial score (nSPS) is 11.0. The second-order valence-corrected chi connectivity index (χ2v) is 5.71. The third-order valence-electron chi connectivity index (χ3n) is 3.78. The molecule has 1 N–H and O–H groups in total. The number of para-hydroxylation sites is 3. The molecule has 0 aliphatic rings. The van der Waals surface area contributed by atoms with Gasteiger partial charge in [0.25, 0.3) is 0 Å². The number of hydrogen-bond acceptors (Lipinski definition) is 3. The Labute approximate surface area is 137 Å². The zero-order chi connectivity index (χ0) is 16.9. The Morgan fingerprint density at radius 3 is 2.30 bits per heavy atom. The smallest absolute Gasteiger partial charge is 0.234 e. The van der Waals surface area contributed by atoms with E-state index in [4.69, 9.17) is 9.47 Å². The fraction of sp³-hybridized carbons (Fsp3) is 0.316. The molecule has 2 aromatic carbocycles. The first kappa shape index (κ1) is 16.9. The Balaban J connectivity index is 2.29. The molecule has 0 saturated heterocycles. The van der Waals surface area contributed by atoms with Crippen LogP contribution < -0.4 is 14.8 Å². The molecule has 0 fully saturated rings. The molecule has 0 atom stereocenters. The highest BCUT2D eigenvalue weighted by Crippen LogP contribution is 2.33. The Morgan fingerprint density at radius 2 is 1.65 bits per heavy atom. The lowest BCUT2D eigenvalue weighted by Gasteiger charge is -2.26. The van der Waals surface area contributed by atoms with E-state index in [-0.39, 0.29) is 5.91 Å².